The number of hydrogen-bond donors (Lipinski definition) is 1. The Hall–Kier alpha value is -3.56. The van der Waals surface area contributed by atoms with Crippen LogP contribution in [0.2, 0.25) is 0 Å². The number of nitriles is 1. The van der Waals surface area contributed by atoms with Gasteiger partial charge in [0.25, 0.3) is 0 Å². The van der Waals surface area contributed by atoms with Crippen LogP contribution in [-0.2, 0) is 10.2 Å². The second-order valence-corrected chi connectivity index (χ2v) is 8.07. The molecule has 0 bridgehead atoms. The lowest BCUT2D eigenvalue weighted by molar-refractivity contribution is -0.120. The molecule has 29 heavy (non-hydrogen) atoms. The van der Waals surface area contributed by atoms with Crippen molar-refractivity contribution >= 4 is 33.1 Å². The molecule has 0 aliphatic carbocycles. The Bertz CT molecular complexity index is 1220. The molecule has 3 heterocycles. The maximum atomic E-state index is 13.2. The molecule has 142 valence electrons. The number of benzene rings is 1. The Morgan fingerprint density at radius 2 is 1.90 bits per heavy atom. The maximum absolute atomic E-state index is 13.2. The zero-order chi connectivity index (χ0) is 20.4. The van der Waals surface area contributed by atoms with E-state index in [0.29, 0.717) is 16.9 Å². The van der Waals surface area contributed by atoms with Crippen molar-refractivity contribution in [1.82, 2.24) is 9.97 Å². The van der Waals surface area contributed by atoms with E-state index in [1.165, 1.54) is 11.3 Å². The lowest BCUT2D eigenvalue weighted by atomic mass is 9.83. The summed E-state index contributed by atoms with van der Waals surface area (Å²) in [6.45, 7) is 3.74. The van der Waals surface area contributed by atoms with E-state index in [9.17, 15) is 4.79 Å². The minimum Gasteiger partial charge on any atom is -0.325 e. The molecule has 0 unspecified atom stereocenters. The first-order chi connectivity index (χ1) is 14.0. The topological polar surface area (TPSA) is 78.7 Å². The number of carbonyl (C=O) groups is 1. The van der Waals surface area contributed by atoms with Crippen molar-refractivity contribution in [2.75, 3.05) is 5.32 Å². The molecule has 1 N–H and O–H groups in total. The number of pyridine rings is 2. The first kappa shape index (κ1) is 18.8. The van der Waals surface area contributed by atoms with E-state index in [1.807, 2.05) is 61.7 Å². The van der Waals surface area contributed by atoms with Crippen LogP contribution < -0.4 is 5.32 Å². The molecule has 1 aromatic carbocycles. The first-order valence-corrected chi connectivity index (χ1v) is 9.99. The summed E-state index contributed by atoms with van der Waals surface area (Å²) in [6.07, 6.45) is 1.72. The van der Waals surface area contributed by atoms with E-state index in [1.54, 1.807) is 18.3 Å². The third-order valence-electron chi connectivity index (χ3n) is 4.92. The van der Waals surface area contributed by atoms with Crippen molar-refractivity contribution < 1.29 is 4.79 Å². The van der Waals surface area contributed by atoms with Crippen LogP contribution in [0, 0.1) is 11.3 Å². The van der Waals surface area contributed by atoms with Crippen molar-refractivity contribution in [2.45, 2.75) is 19.3 Å². The molecular weight excluding hydrogens is 380 g/mol. The second kappa shape index (κ2) is 7.46. The third kappa shape index (κ3) is 3.60. The number of rotatable bonds is 4. The molecular formula is C23H18N4OS. The fourth-order valence-electron chi connectivity index (χ4n) is 3.07. The van der Waals surface area contributed by atoms with Crippen LogP contribution in [-0.4, -0.2) is 15.9 Å². The Morgan fingerprint density at radius 1 is 1.10 bits per heavy atom. The summed E-state index contributed by atoms with van der Waals surface area (Å²) in [5.41, 5.74) is 2.82. The zero-order valence-electron chi connectivity index (χ0n) is 16.0. The summed E-state index contributed by atoms with van der Waals surface area (Å²) < 4.78 is 0. The van der Waals surface area contributed by atoms with Gasteiger partial charge in [-0.05, 0) is 61.2 Å². The summed E-state index contributed by atoms with van der Waals surface area (Å²) in [4.78, 5) is 23.1. The van der Waals surface area contributed by atoms with E-state index >= 15 is 0 Å². The summed E-state index contributed by atoms with van der Waals surface area (Å²) in [7, 11) is 0. The Morgan fingerprint density at radius 3 is 2.59 bits per heavy atom. The fourth-order valence-corrected chi connectivity index (χ4v) is 3.86. The van der Waals surface area contributed by atoms with Crippen LogP contribution in [0.4, 0.5) is 5.69 Å². The van der Waals surface area contributed by atoms with Gasteiger partial charge in [0, 0.05) is 11.6 Å². The highest BCUT2D eigenvalue weighted by Crippen LogP contribution is 2.32. The summed E-state index contributed by atoms with van der Waals surface area (Å²) in [6, 6.07) is 18.7. The van der Waals surface area contributed by atoms with Gasteiger partial charge in [-0.15, -0.1) is 11.3 Å². The predicted molar refractivity (Wildman–Crippen MR) is 116 cm³/mol. The van der Waals surface area contributed by atoms with Gasteiger partial charge < -0.3 is 5.32 Å². The van der Waals surface area contributed by atoms with Crippen LogP contribution in [0.25, 0.3) is 21.6 Å². The van der Waals surface area contributed by atoms with E-state index in [-0.39, 0.29) is 5.91 Å². The lowest BCUT2D eigenvalue weighted by Gasteiger charge is -2.24. The molecule has 5 nitrogen and oxygen atoms in total. The highest BCUT2D eigenvalue weighted by atomic mass is 32.1. The maximum Gasteiger partial charge on any atom is 0.234 e. The highest BCUT2D eigenvalue weighted by Gasteiger charge is 2.30. The quantitative estimate of drug-likeness (QED) is 0.516. The van der Waals surface area contributed by atoms with Gasteiger partial charge in [-0.2, -0.15) is 5.26 Å². The molecule has 0 radical (unpaired) electrons. The molecule has 0 atom stereocenters. The number of nitrogens with one attached hydrogen (secondary N) is 1. The summed E-state index contributed by atoms with van der Waals surface area (Å²) in [5.74, 6) is -0.132. The van der Waals surface area contributed by atoms with E-state index < -0.39 is 5.41 Å². The van der Waals surface area contributed by atoms with Gasteiger partial charge >= 0.3 is 0 Å². The molecule has 0 saturated carbocycles. The number of anilines is 1. The van der Waals surface area contributed by atoms with Crippen molar-refractivity contribution in [2.24, 2.45) is 0 Å². The van der Waals surface area contributed by atoms with E-state index in [2.05, 4.69) is 21.4 Å². The summed E-state index contributed by atoms with van der Waals surface area (Å²) in [5, 5.41) is 14.9. The van der Waals surface area contributed by atoms with Crippen molar-refractivity contribution in [3.05, 3.63) is 77.3 Å². The minimum atomic E-state index is -0.773. The van der Waals surface area contributed by atoms with Gasteiger partial charge in [0.1, 0.15) is 4.83 Å². The molecule has 4 aromatic rings. The number of fused-ring (bicyclic) bond motifs is 1. The van der Waals surface area contributed by atoms with Crippen LogP contribution in [0.5, 0.6) is 0 Å². The first-order valence-electron chi connectivity index (χ1n) is 9.11. The van der Waals surface area contributed by atoms with Crippen LogP contribution in [0.15, 0.2) is 66.2 Å². The smallest absolute Gasteiger partial charge is 0.234 e. The largest absolute Gasteiger partial charge is 0.325 e. The SMILES string of the molecule is CC(C)(C(=O)Nc1cc(-c2ccccn2)nc2sccc12)c1ccc(C#N)cc1. The molecule has 0 aliphatic heterocycles. The van der Waals surface area contributed by atoms with E-state index in [4.69, 9.17) is 5.26 Å². The van der Waals surface area contributed by atoms with Crippen LogP contribution >= 0.6 is 11.3 Å². The van der Waals surface area contributed by atoms with E-state index in [0.717, 1.165) is 21.5 Å². The molecule has 4 rings (SSSR count). The highest BCUT2D eigenvalue weighted by molar-refractivity contribution is 7.16. The van der Waals surface area contributed by atoms with Gasteiger partial charge in [-0.3, -0.25) is 9.78 Å². The van der Waals surface area contributed by atoms with Crippen LogP contribution in [0.3, 0.4) is 0 Å². The molecule has 3 aromatic heterocycles. The molecule has 0 aliphatic rings. The summed E-state index contributed by atoms with van der Waals surface area (Å²) >= 11 is 1.52. The van der Waals surface area contributed by atoms with Gasteiger partial charge in [-0.25, -0.2) is 4.98 Å². The molecule has 0 saturated heterocycles. The minimum absolute atomic E-state index is 0.132. The van der Waals surface area contributed by atoms with Gasteiger partial charge in [0.2, 0.25) is 5.91 Å². The number of carbonyl (C=O) groups excluding carboxylic acids is 1. The molecule has 1 amide bonds. The standard InChI is InChI=1S/C23H18N4OS/c1-23(2,16-8-6-15(14-24)7-9-16)22(28)27-19-13-20(18-5-3-4-11-25-18)26-21-17(19)10-12-29-21/h3-13H,1-2H3,(H,26,27,28). The van der Waals surface area contributed by atoms with Gasteiger partial charge in [-0.1, -0.05) is 18.2 Å². The molecule has 0 fully saturated rings. The number of amides is 1. The van der Waals surface area contributed by atoms with Crippen LogP contribution in [0.1, 0.15) is 25.0 Å². The lowest BCUT2D eigenvalue weighted by Crippen LogP contribution is -2.34. The van der Waals surface area contributed by atoms with Crippen molar-refractivity contribution in [3.8, 4) is 17.5 Å². The average molecular weight is 398 g/mol. The fraction of sp³-hybridized carbons (Fsp3) is 0.130. The van der Waals surface area contributed by atoms with Crippen molar-refractivity contribution in [3.63, 3.8) is 0 Å². The third-order valence-corrected chi connectivity index (χ3v) is 5.72. The monoisotopic (exact) mass is 398 g/mol. The second-order valence-electron chi connectivity index (χ2n) is 7.18. The predicted octanol–water partition coefficient (Wildman–Crippen LogP) is 5.15. The van der Waals surface area contributed by atoms with Gasteiger partial charge in [0.05, 0.1) is 34.1 Å². The Balaban J connectivity index is 1.70. The number of nitrogens with zero attached hydrogens (tertiary/aromatic N) is 3. The number of aromatic nitrogens is 2. The molecule has 0 spiro atoms. The van der Waals surface area contributed by atoms with Gasteiger partial charge in [0.15, 0.2) is 0 Å². The molecule has 6 heteroatoms. The zero-order valence-corrected chi connectivity index (χ0v) is 16.8. The number of thiophene rings is 1. The van der Waals surface area contributed by atoms with Crippen molar-refractivity contribution in [1.29, 1.82) is 5.26 Å². The number of hydrogen-bond acceptors (Lipinski definition) is 5. The Labute approximate surface area is 172 Å². The average Bonchev–Trinajstić information content (AvgIpc) is 3.23. The Kier molecular flexibility index (Phi) is 4.83. The normalized spacial score (nSPS) is 11.2.